The van der Waals surface area contributed by atoms with E-state index in [9.17, 15) is 0 Å². The van der Waals surface area contributed by atoms with Gasteiger partial charge in [0.05, 0.1) is 0 Å². The lowest BCUT2D eigenvalue weighted by Crippen LogP contribution is -2.01. The van der Waals surface area contributed by atoms with Crippen molar-refractivity contribution in [3.05, 3.63) is 41.0 Å². The van der Waals surface area contributed by atoms with Crippen molar-refractivity contribution in [2.75, 3.05) is 0 Å². The van der Waals surface area contributed by atoms with Gasteiger partial charge >= 0.3 is 0 Å². The zero-order valence-corrected chi connectivity index (χ0v) is 8.66. The molecule has 0 heterocycles. The molecule has 1 heteroatoms. The van der Waals surface area contributed by atoms with E-state index in [0.29, 0.717) is 12.5 Å². The second-order valence-electron chi connectivity index (χ2n) is 4.07. The summed E-state index contributed by atoms with van der Waals surface area (Å²) >= 11 is 0. The van der Waals surface area contributed by atoms with Crippen LogP contribution in [-0.4, -0.2) is 0 Å². The molecule has 2 rings (SSSR count). The molecule has 0 spiro atoms. The molecule has 1 aliphatic carbocycles. The van der Waals surface area contributed by atoms with Gasteiger partial charge < -0.3 is 5.73 Å². The van der Waals surface area contributed by atoms with Crippen molar-refractivity contribution >= 4 is 6.08 Å². The first-order valence-corrected chi connectivity index (χ1v) is 5.30. The number of benzene rings is 1. The molecule has 0 saturated heterocycles. The highest BCUT2D eigenvalue weighted by Gasteiger charge is 2.09. The first kappa shape index (κ1) is 9.47. The fraction of sp³-hybridized carbons (Fsp3) is 0.385. The number of hydrogen-bond acceptors (Lipinski definition) is 1. The third kappa shape index (κ3) is 1.73. The molecule has 1 unspecified atom stereocenters. The van der Waals surface area contributed by atoms with Gasteiger partial charge in [0.2, 0.25) is 0 Å². The first-order chi connectivity index (χ1) is 6.81. The predicted octanol–water partition coefficient (Wildman–Crippen LogP) is 2.74. The SMILES string of the molecule is CC1C=Cc2c(CN)cccc2CC1. The van der Waals surface area contributed by atoms with Crippen molar-refractivity contribution in [1.82, 2.24) is 0 Å². The molecule has 1 nitrogen and oxygen atoms in total. The minimum Gasteiger partial charge on any atom is -0.326 e. The Kier molecular flexibility index (Phi) is 2.69. The molecule has 1 aromatic rings. The van der Waals surface area contributed by atoms with Gasteiger partial charge in [-0.25, -0.2) is 0 Å². The van der Waals surface area contributed by atoms with Crippen LogP contribution in [0.3, 0.4) is 0 Å². The van der Waals surface area contributed by atoms with Gasteiger partial charge in [0.1, 0.15) is 0 Å². The maximum Gasteiger partial charge on any atom is 0.0184 e. The van der Waals surface area contributed by atoms with Gasteiger partial charge in [-0.15, -0.1) is 0 Å². The maximum atomic E-state index is 5.73. The van der Waals surface area contributed by atoms with Gasteiger partial charge in [0.25, 0.3) is 0 Å². The highest BCUT2D eigenvalue weighted by molar-refractivity contribution is 5.59. The van der Waals surface area contributed by atoms with E-state index in [4.69, 9.17) is 5.73 Å². The van der Waals surface area contributed by atoms with Crippen LogP contribution in [0.4, 0.5) is 0 Å². The van der Waals surface area contributed by atoms with Crippen LogP contribution in [0.2, 0.25) is 0 Å². The summed E-state index contributed by atoms with van der Waals surface area (Å²) in [4.78, 5) is 0. The molecule has 0 aromatic heterocycles. The molecule has 0 saturated carbocycles. The molecule has 0 fully saturated rings. The molecule has 0 amide bonds. The predicted molar refractivity (Wildman–Crippen MR) is 60.9 cm³/mol. The lowest BCUT2D eigenvalue weighted by atomic mass is 9.98. The molecule has 0 radical (unpaired) electrons. The average Bonchev–Trinajstić information content (AvgIpc) is 2.41. The van der Waals surface area contributed by atoms with Crippen molar-refractivity contribution in [2.45, 2.75) is 26.3 Å². The zero-order valence-electron chi connectivity index (χ0n) is 8.66. The van der Waals surface area contributed by atoms with Gasteiger partial charge in [0.15, 0.2) is 0 Å². The number of aryl methyl sites for hydroxylation is 1. The Bertz CT molecular complexity index is 352. The summed E-state index contributed by atoms with van der Waals surface area (Å²) in [5, 5.41) is 0. The van der Waals surface area contributed by atoms with Crippen LogP contribution in [0.5, 0.6) is 0 Å². The summed E-state index contributed by atoms with van der Waals surface area (Å²) < 4.78 is 0. The van der Waals surface area contributed by atoms with Gasteiger partial charge in [-0.05, 0) is 35.4 Å². The van der Waals surface area contributed by atoms with Gasteiger partial charge in [0, 0.05) is 6.54 Å². The Hall–Kier alpha value is -1.08. The van der Waals surface area contributed by atoms with Gasteiger partial charge in [-0.3, -0.25) is 0 Å². The Balaban J connectivity index is 2.46. The number of rotatable bonds is 1. The van der Waals surface area contributed by atoms with Crippen LogP contribution in [0.25, 0.3) is 6.08 Å². The van der Waals surface area contributed by atoms with Crippen molar-refractivity contribution in [1.29, 1.82) is 0 Å². The van der Waals surface area contributed by atoms with E-state index in [2.05, 4.69) is 37.3 Å². The van der Waals surface area contributed by atoms with E-state index >= 15 is 0 Å². The van der Waals surface area contributed by atoms with Crippen LogP contribution in [0, 0.1) is 5.92 Å². The van der Waals surface area contributed by atoms with E-state index in [1.165, 1.54) is 29.5 Å². The van der Waals surface area contributed by atoms with Gasteiger partial charge in [-0.1, -0.05) is 37.3 Å². The summed E-state index contributed by atoms with van der Waals surface area (Å²) in [7, 11) is 0. The fourth-order valence-electron chi connectivity index (χ4n) is 2.02. The summed E-state index contributed by atoms with van der Waals surface area (Å²) in [6.45, 7) is 2.91. The number of allylic oxidation sites excluding steroid dienone is 1. The molecule has 2 N–H and O–H groups in total. The van der Waals surface area contributed by atoms with Crippen molar-refractivity contribution in [3.63, 3.8) is 0 Å². The molecular weight excluding hydrogens is 170 g/mol. The molecule has 74 valence electrons. The molecule has 0 aliphatic heterocycles. The molecule has 1 aromatic carbocycles. The van der Waals surface area contributed by atoms with Crippen molar-refractivity contribution < 1.29 is 0 Å². The Labute approximate surface area is 85.6 Å². The highest BCUT2D eigenvalue weighted by atomic mass is 14.5. The third-order valence-corrected chi connectivity index (χ3v) is 2.97. The third-order valence-electron chi connectivity index (χ3n) is 2.97. The first-order valence-electron chi connectivity index (χ1n) is 5.30. The number of fused-ring (bicyclic) bond motifs is 1. The fourth-order valence-corrected chi connectivity index (χ4v) is 2.02. The normalized spacial score (nSPS) is 20.3. The van der Waals surface area contributed by atoms with E-state index < -0.39 is 0 Å². The number of nitrogens with two attached hydrogens (primary N) is 1. The van der Waals surface area contributed by atoms with E-state index in [1.54, 1.807) is 0 Å². The van der Waals surface area contributed by atoms with Crippen molar-refractivity contribution in [2.24, 2.45) is 11.7 Å². The molecule has 0 bridgehead atoms. The van der Waals surface area contributed by atoms with E-state index in [0.717, 1.165) is 0 Å². The van der Waals surface area contributed by atoms with Crippen LogP contribution >= 0.6 is 0 Å². The molecule has 14 heavy (non-hydrogen) atoms. The highest BCUT2D eigenvalue weighted by Crippen LogP contribution is 2.24. The zero-order chi connectivity index (χ0) is 9.97. The second kappa shape index (κ2) is 3.97. The van der Waals surface area contributed by atoms with E-state index in [-0.39, 0.29) is 0 Å². The summed E-state index contributed by atoms with van der Waals surface area (Å²) in [6.07, 6.45) is 6.97. The number of hydrogen-bond donors (Lipinski definition) is 1. The van der Waals surface area contributed by atoms with Crippen LogP contribution in [0.15, 0.2) is 24.3 Å². The lowest BCUT2D eigenvalue weighted by Gasteiger charge is -2.08. The van der Waals surface area contributed by atoms with E-state index in [1.807, 2.05) is 0 Å². The van der Waals surface area contributed by atoms with Crippen LogP contribution < -0.4 is 5.73 Å². The molecule has 1 atom stereocenters. The minimum atomic E-state index is 0.641. The van der Waals surface area contributed by atoms with Crippen LogP contribution in [-0.2, 0) is 13.0 Å². The second-order valence-corrected chi connectivity index (χ2v) is 4.07. The summed E-state index contributed by atoms with van der Waals surface area (Å²) in [6, 6.07) is 6.46. The topological polar surface area (TPSA) is 26.0 Å². The Morgan fingerprint density at radius 3 is 3.07 bits per heavy atom. The Morgan fingerprint density at radius 2 is 2.29 bits per heavy atom. The maximum absolute atomic E-state index is 5.73. The largest absolute Gasteiger partial charge is 0.326 e. The van der Waals surface area contributed by atoms with Crippen LogP contribution in [0.1, 0.15) is 30.0 Å². The molecular formula is C13H17N. The Morgan fingerprint density at radius 1 is 1.43 bits per heavy atom. The quantitative estimate of drug-likeness (QED) is 0.718. The summed E-state index contributed by atoms with van der Waals surface area (Å²) in [5.74, 6) is 0.688. The monoisotopic (exact) mass is 187 g/mol. The van der Waals surface area contributed by atoms with Gasteiger partial charge in [-0.2, -0.15) is 0 Å². The lowest BCUT2D eigenvalue weighted by molar-refractivity contribution is 0.655. The minimum absolute atomic E-state index is 0.641. The smallest absolute Gasteiger partial charge is 0.0184 e. The molecule has 1 aliphatic rings. The standard InChI is InChI=1S/C13H17N/c1-10-5-7-11-3-2-4-12(9-14)13(11)8-6-10/h2-4,6,8,10H,5,7,9,14H2,1H3. The van der Waals surface area contributed by atoms with Crippen molar-refractivity contribution in [3.8, 4) is 0 Å². The summed E-state index contributed by atoms with van der Waals surface area (Å²) in [5.41, 5.74) is 9.81. The average molecular weight is 187 g/mol.